The minimum atomic E-state index is -3.59. The average Bonchev–Trinajstić information content (AvgIpc) is 2.82. The first-order valence-corrected chi connectivity index (χ1v) is 8.18. The van der Waals surface area contributed by atoms with Crippen molar-refractivity contribution in [3.63, 3.8) is 0 Å². The molecule has 0 amide bonds. The molecule has 6 heteroatoms. The van der Waals surface area contributed by atoms with Gasteiger partial charge in [-0.1, -0.05) is 32.9 Å². The van der Waals surface area contributed by atoms with Crippen LogP contribution in [0.25, 0.3) is 0 Å². The molecule has 5 nitrogen and oxygen atoms in total. The number of nitrogens with one attached hydrogen (secondary N) is 1. The van der Waals surface area contributed by atoms with Crippen molar-refractivity contribution in [3.8, 4) is 0 Å². The topological polar surface area (TPSA) is 62.6 Å². The van der Waals surface area contributed by atoms with E-state index in [1.54, 1.807) is 19.9 Å². The average molecular weight is 300 g/mol. The molecule has 0 aliphatic heterocycles. The molecule has 114 valence electrons. The zero-order valence-electron chi connectivity index (χ0n) is 12.6. The van der Waals surface area contributed by atoms with Crippen LogP contribution in [0.5, 0.6) is 0 Å². The van der Waals surface area contributed by atoms with Crippen LogP contribution in [-0.4, -0.2) is 31.9 Å². The first kappa shape index (κ1) is 16.9. The number of nitrogens with zero attached hydrogens (tertiary/aromatic N) is 1. The molecule has 0 bridgehead atoms. The van der Waals surface area contributed by atoms with E-state index in [-0.39, 0.29) is 5.09 Å². The molecular weight excluding hydrogens is 276 g/mol. The Bertz CT molecular complexity index is 547. The van der Waals surface area contributed by atoms with Gasteiger partial charge in [-0.3, -0.25) is 0 Å². The van der Waals surface area contributed by atoms with Gasteiger partial charge in [-0.2, -0.15) is 4.31 Å². The van der Waals surface area contributed by atoms with Crippen molar-refractivity contribution in [2.45, 2.75) is 45.4 Å². The molecule has 20 heavy (non-hydrogen) atoms. The number of likely N-dealkylation sites (N-methyl/N-ethyl adjacent to an activating group) is 1. The van der Waals surface area contributed by atoms with Crippen molar-refractivity contribution in [3.05, 3.63) is 30.0 Å². The highest BCUT2D eigenvalue weighted by Gasteiger charge is 2.26. The van der Waals surface area contributed by atoms with Gasteiger partial charge in [0.15, 0.2) is 0 Å². The largest absolute Gasteiger partial charge is 0.447 e. The summed E-state index contributed by atoms with van der Waals surface area (Å²) in [5, 5.41) is 3.17. The van der Waals surface area contributed by atoms with Gasteiger partial charge < -0.3 is 9.73 Å². The summed E-state index contributed by atoms with van der Waals surface area (Å²) in [4.78, 5) is 0. The van der Waals surface area contributed by atoms with Crippen LogP contribution >= 0.6 is 0 Å². The second kappa shape index (κ2) is 7.06. The molecule has 0 atom stereocenters. The molecule has 0 radical (unpaired) electrons. The van der Waals surface area contributed by atoms with Gasteiger partial charge in [-0.25, -0.2) is 8.42 Å². The zero-order chi connectivity index (χ0) is 15.3. The summed E-state index contributed by atoms with van der Waals surface area (Å²) in [7, 11) is -3.59. The van der Waals surface area contributed by atoms with Crippen LogP contribution in [0.1, 0.15) is 33.5 Å². The fraction of sp³-hybridized carbons (Fsp3) is 0.571. The Morgan fingerprint density at radius 3 is 2.60 bits per heavy atom. The molecule has 1 aromatic heterocycles. The quantitative estimate of drug-likeness (QED) is 0.749. The van der Waals surface area contributed by atoms with Gasteiger partial charge in [0.05, 0.1) is 6.54 Å². The van der Waals surface area contributed by atoms with Crippen LogP contribution in [0.4, 0.5) is 0 Å². The van der Waals surface area contributed by atoms with E-state index < -0.39 is 10.0 Å². The van der Waals surface area contributed by atoms with E-state index in [9.17, 15) is 8.42 Å². The van der Waals surface area contributed by atoms with E-state index in [0.29, 0.717) is 31.4 Å². The molecule has 0 saturated heterocycles. The molecule has 0 spiro atoms. The Hall–Kier alpha value is -1.11. The Balaban J connectivity index is 2.89. The predicted molar refractivity (Wildman–Crippen MR) is 79.9 cm³/mol. The van der Waals surface area contributed by atoms with Gasteiger partial charge in [0.1, 0.15) is 5.76 Å². The highest BCUT2D eigenvalue weighted by molar-refractivity contribution is 7.89. The van der Waals surface area contributed by atoms with Crippen LogP contribution in [0, 0.1) is 0 Å². The molecular formula is C14H24N2O3S. The number of sulfonamides is 1. The molecule has 1 heterocycles. The van der Waals surface area contributed by atoms with Crippen LogP contribution in [-0.2, 0) is 16.6 Å². The molecule has 0 fully saturated rings. The smallest absolute Gasteiger partial charge is 0.276 e. The molecule has 1 aromatic rings. The zero-order valence-corrected chi connectivity index (χ0v) is 13.5. The lowest BCUT2D eigenvalue weighted by atomic mass is 10.3. The second-order valence-electron chi connectivity index (χ2n) is 5.14. The van der Waals surface area contributed by atoms with Crippen molar-refractivity contribution < 1.29 is 12.8 Å². The lowest BCUT2D eigenvalue weighted by Crippen LogP contribution is -2.32. The molecule has 1 N–H and O–H groups in total. The normalized spacial score (nSPS) is 12.3. The first-order valence-electron chi connectivity index (χ1n) is 6.74. The van der Waals surface area contributed by atoms with Crippen molar-refractivity contribution in [1.82, 2.24) is 9.62 Å². The third-order valence-electron chi connectivity index (χ3n) is 2.71. The van der Waals surface area contributed by atoms with Crippen LogP contribution < -0.4 is 5.32 Å². The maximum atomic E-state index is 12.4. The molecule has 1 rings (SSSR count). The fourth-order valence-electron chi connectivity index (χ4n) is 1.69. The van der Waals surface area contributed by atoms with E-state index in [1.165, 1.54) is 10.4 Å². The van der Waals surface area contributed by atoms with Crippen LogP contribution in [0.2, 0.25) is 0 Å². The molecule has 0 aliphatic carbocycles. The molecule has 0 aliphatic rings. The summed E-state index contributed by atoms with van der Waals surface area (Å²) < 4.78 is 31.6. The lowest BCUT2D eigenvalue weighted by molar-refractivity contribution is 0.372. The Kier molecular flexibility index (Phi) is 5.98. The minimum absolute atomic E-state index is 0.0128. The standard InChI is InChI=1S/C14H24N2O3S/c1-6-16(10-11(2)3)20(17,18)14-8-7-13(19-14)9-15-12(4)5/h7-8,12,15H,2,6,9-10H2,1,3-5H3. The number of rotatable bonds is 8. The summed E-state index contributed by atoms with van der Waals surface area (Å²) in [5.41, 5.74) is 0.795. The monoisotopic (exact) mass is 300 g/mol. The molecule has 0 unspecified atom stereocenters. The van der Waals surface area contributed by atoms with Gasteiger partial charge in [0.25, 0.3) is 10.0 Å². The highest BCUT2D eigenvalue weighted by atomic mass is 32.2. The summed E-state index contributed by atoms with van der Waals surface area (Å²) in [6.07, 6.45) is 0. The van der Waals surface area contributed by atoms with Gasteiger partial charge in [0, 0.05) is 19.1 Å². The van der Waals surface area contributed by atoms with Gasteiger partial charge in [-0.15, -0.1) is 0 Å². The lowest BCUT2D eigenvalue weighted by Gasteiger charge is -2.18. The van der Waals surface area contributed by atoms with Crippen molar-refractivity contribution in [2.75, 3.05) is 13.1 Å². The van der Waals surface area contributed by atoms with Crippen molar-refractivity contribution in [1.29, 1.82) is 0 Å². The maximum Gasteiger partial charge on any atom is 0.276 e. The van der Waals surface area contributed by atoms with Crippen LogP contribution in [0.3, 0.4) is 0 Å². The Labute approximate surface area is 121 Å². The minimum Gasteiger partial charge on any atom is -0.447 e. The van der Waals surface area contributed by atoms with Crippen molar-refractivity contribution in [2.24, 2.45) is 0 Å². The number of hydrogen-bond donors (Lipinski definition) is 1. The van der Waals surface area contributed by atoms with E-state index in [4.69, 9.17) is 4.42 Å². The fourth-order valence-corrected chi connectivity index (χ4v) is 3.13. The number of hydrogen-bond acceptors (Lipinski definition) is 4. The van der Waals surface area contributed by atoms with Crippen LogP contribution in [0.15, 0.2) is 33.8 Å². The summed E-state index contributed by atoms with van der Waals surface area (Å²) in [5.74, 6) is 0.614. The van der Waals surface area contributed by atoms with E-state index in [1.807, 2.05) is 13.8 Å². The predicted octanol–water partition coefficient (Wildman–Crippen LogP) is 2.36. The van der Waals surface area contributed by atoms with Crippen molar-refractivity contribution >= 4 is 10.0 Å². The van der Waals surface area contributed by atoms with Gasteiger partial charge in [0.2, 0.25) is 5.09 Å². The highest BCUT2D eigenvalue weighted by Crippen LogP contribution is 2.19. The number of furan rings is 1. The Morgan fingerprint density at radius 2 is 2.10 bits per heavy atom. The molecule has 0 aromatic carbocycles. The third kappa shape index (κ3) is 4.47. The van der Waals surface area contributed by atoms with Gasteiger partial charge >= 0.3 is 0 Å². The van der Waals surface area contributed by atoms with E-state index in [0.717, 1.165) is 5.57 Å². The van der Waals surface area contributed by atoms with E-state index in [2.05, 4.69) is 11.9 Å². The third-order valence-corrected chi connectivity index (χ3v) is 4.51. The SMILES string of the molecule is C=C(C)CN(CC)S(=O)(=O)c1ccc(CNC(C)C)o1. The second-order valence-corrected chi connectivity index (χ2v) is 7.01. The summed E-state index contributed by atoms with van der Waals surface area (Å²) >= 11 is 0. The maximum absolute atomic E-state index is 12.4. The summed E-state index contributed by atoms with van der Waals surface area (Å²) in [6.45, 7) is 12.6. The van der Waals surface area contributed by atoms with Gasteiger partial charge in [-0.05, 0) is 19.1 Å². The van der Waals surface area contributed by atoms with E-state index >= 15 is 0 Å². The summed E-state index contributed by atoms with van der Waals surface area (Å²) in [6, 6.07) is 3.51. The Morgan fingerprint density at radius 1 is 1.45 bits per heavy atom. The molecule has 0 saturated carbocycles. The first-order chi connectivity index (χ1) is 9.27.